The topological polar surface area (TPSA) is 50.4 Å². The number of hydrogen-bond donors (Lipinski definition) is 2. The monoisotopic (exact) mass is 276 g/mol. The van der Waals surface area contributed by atoms with Gasteiger partial charge in [0.2, 0.25) is 5.91 Å². The zero-order valence-electron chi connectivity index (χ0n) is 12.3. The molecule has 0 aromatic heterocycles. The maximum Gasteiger partial charge on any atom is 0.220 e. The Bertz CT molecular complexity index is 442. The van der Waals surface area contributed by atoms with Gasteiger partial charge in [-0.25, -0.2) is 0 Å². The molecule has 1 amide bonds. The molecule has 0 aliphatic carbocycles. The number of nitrogens with one attached hydrogen (secondary N) is 2. The first-order valence-corrected chi connectivity index (χ1v) is 7.33. The number of piperidine rings is 1. The van der Waals surface area contributed by atoms with Crippen molar-refractivity contribution in [3.8, 4) is 5.75 Å². The molecule has 1 aromatic carbocycles. The zero-order chi connectivity index (χ0) is 14.4. The molecule has 0 saturated carbocycles. The van der Waals surface area contributed by atoms with Crippen LogP contribution in [0, 0.1) is 5.92 Å². The highest BCUT2D eigenvalue weighted by Gasteiger charge is 2.18. The number of hydrogen-bond acceptors (Lipinski definition) is 3. The second kappa shape index (κ2) is 7.29. The van der Waals surface area contributed by atoms with E-state index in [1.165, 1.54) is 6.42 Å². The molecule has 1 saturated heterocycles. The van der Waals surface area contributed by atoms with Crippen molar-refractivity contribution in [3.63, 3.8) is 0 Å². The van der Waals surface area contributed by atoms with Crippen LogP contribution in [0.3, 0.4) is 0 Å². The summed E-state index contributed by atoms with van der Waals surface area (Å²) in [5.74, 6) is 1.43. The van der Waals surface area contributed by atoms with Crippen LogP contribution in [-0.4, -0.2) is 26.1 Å². The number of benzene rings is 1. The molecule has 4 nitrogen and oxygen atoms in total. The van der Waals surface area contributed by atoms with E-state index in [1.807, 2.05) is 31.2 Å². The van der Waals surface area contributed by atoms with Crippen molar-refractivity contribution in [2.24, 2.45) is 5.92 Å². The maximum atomic E-state index is 12.1. The first kappa shape index (κ1) is 14.9. The van der Waals surface area contributed by atoms with Crippen molar-refractivity contribution < 1.29 is 9.53 Å². The molecule has 2 N–H and O–H groups in total. The average Bonchev–Trinajstić information content (AvgIpc) is 2.48. The van der Waals surface area contributed by atoms with E-state index in [0.717, 1.165) is 30.8 Å². The van der Waals surface area contributed by atoms with E-state index in [2.05, 4.69) is 10.6 Å². The molecule has 0 spiro atoms. The lowest BCUT2D eigenvalue weighted by atomic mass is 9.95. The van der Waals surface area contributed by atoms with Gasteiger partial charge in [-0.1, -0.05) is 12.1 Å². The van der Waals surface area contributed by atoms with Gasteiger partial charge < -0.3 is 15.4 Å². The lowest BCUT2D eigenvalue weighted by Crippen LogP contribution is -2.35. The van der Waals surface area contributed by atoms with Gasteiger partial charge in [-0.2, -0.15) is 0 Å². The Morgan fingerprint density at radius 3 is 3.10 bits per heavy atom. The van der Waals surface area contributed by atoms with Gasteiger partial charge in [0, 0.05) is 6.42 Å². The molecule has 1 aromatic rings. The highest BCUT2D eigenvalue weighted by Crippen LogP contribution is 2.20. The first-order valence-electron chi connectivity index (χ1n) is 7.33. The van der Waals surface area contributed by atoms with Crippen LogP contribution in [0.4, 0.5) is 0 Å². The van der Waals surface area contributed by atoms with Crippen molar-refractivity contribution in [2.45, 2.75) is 32.2 Å². The number of rotatable bonds is 5. The third-order valence-electron chi connectivity index (χ3n) is 3.84. The third kappa shape index (κ3) is 4.23. The summed E-state index contributed by atoms with van der Waals surface area (Å²) in [5.41, 5.74) is 1.07. The van der Waals surface area contributed by atoms with Crippen molar-refractivity contribution in [3.05, 3.63) is 29.8 Å². The van der Waals surface area contributed by atoms with Crippen LogP contribution in [0.2, 0.25) is 0 Å². The largest absolute Gasteiger partial charge is 0.497 e. The van der Waals surface area contributed by atoms with Crippen molar-refractivity contribution in [1.29, 1.82) is 0 Å². The fourth-order valence-electron chi connectivity index (χ4n) is 2.66. The molecule has 1 aliphatic rings. The number of carbonyl (C=O) groups is 1. The molecule has 2 atom stereocenters. The highest BCUT2D eigenvalue weighted by molar-refractivity contribution is 5.76. The van der Waals surface area contributed by atoms with Gasteiger partial charge in [0.25, 0.3) is 0 Å². The van der Waals surface area contributed by atoms with Gasteiger partial charge in [0.1, 0.15) is 5.75 Å². The normalized spacial score (nSPS) is 20.2. The van der Waals surface area contributed by atoms with E-state index < -0.39 is 0 Å². The summed E-state index contributed by atoms with van der Waals surface area (Å²) in [7, 11) is 1.65. The first-order chi connectivity index (χ1) is 9.69. The number of carbonyl (C=O) groups excluding carboxylic acids is 1. The lowest BCUT2D eigenvalue weighted by molar-refractivity contribution is -0.122. The van der Waals surface area contributed by atoms with E-state index in [0.29, 0.717) is 12.3 Å². The van der Waals surface area contributed by atoms with Crippen LogP contribution in [0.5, 0.6) is 5.75 Å². The Labute approximate surface area is 120 Å². The van der Waals surface area contributed by atoms with E-state index in [1.54, 1.807) is 7.11 Å². The summed E-state index contributed by atoms with van der Waals surface area (Å²) in [5, 5.41) is 6.42. The van der Waals surface area contributed by atoms with Gasteiger partial charge in [-0.15, -0.1) is 0 Å². The molecule has 0 radical (unpaired) electrons. The fraction of sp³-hybridized carbons (Fsp3) is 0.562. The van der Waals surface area contributed by atoms with E-state index in [4.69, 9.17) is 4.74 Å². The standard InChI is InChI=1S/C16H24N2O2/c1-12(14-6-3-7-15(10-14)20-2)18-16(19)9-13-5-4-8-17-11-13/h3,6-7,10,12-13,17H,4-5,8-9,11H2,1-2H3,(H,18,19)/t12-,13?/m1/s1. The summed E-state index contributed by atoms with van der Waals surface area (Å²) >= 11 is 0. The number of ether oxygens (including phenoxy) is 1. The van der Waals surface area contributed by atoms with Gasteiger partial charge >= 0.3 is 0 Å². The summed E-state index contributed by atoms with van der Waals surface area (Å²) in [6.07, 6.45) is 2.93. The Kier molecular flexibility index (Phi) is 5.41. The molecule has 1 heterocycles. The van der Waals surface area contributed by atoms with Crippen LogP contribution < -0.4 is 15.4 Å². The summed E-state index contributed by atoms with van der Waals surface area (Å²) < 4.78 is 5.21. The van der Waals surface area contributed by atoms with Gasteiger partial charge in [-0.3, -0.25) is 4.79 Å². The average molecular weight is 276 g/mol. The van der Waals surface area contributed by atoms with E-state index >= 15 is 0 Å². The second-order valence-electron chi connectivity index (χ2n) is 5.48. The molecule has 1 fully saturated rings. The van der Waals surface area contributed by atoms with Crippen LogP contribution in [0.15, 0.2) is 24.3 Å². The van der Waals surface area contributed by atoms with Crippen molar-refractivity contribution in [1.82, 2.24) is 10.6 Å². The smallest absolute Gasteiger partial charge is 0.220 e. The summed E-state index contributed by atoms with van der Waals surface area (Å²) in [4.78, 5) is 12.1. The second-order valence-corrected chi connectivity index (χ2v) is 5.48. The van der Waals surface area contributed by atoms with E-state index in [9.17, 15) is 4.79 Å². The predicted molar refractivity (Wildman–Crippen MR) is 79.8 cm³/mol. The Hall–Kier alpha value is -1.55. The summed E-state index contributed by atoms with van der Waals surface area (Å²) in [6, 6.07) is 7.84. The van der Waals surface area contributed by atoms with Crippen LogP contribution >= 0.6 is 0 Å². The van der Waals surface area contributed by atoms with E-state index in [-0.39, 0.29) is 11.9 Å². The van der Waals surface area contributed by atoms with Gasteiger partial charge in [0.05, 0.1) is 13.2 Å². The molecular formula is C16H24N2O2. The number of amides is 1. The SMILES string of the molecule is COc1cccc([C@@H](C)NC(=O)CC2CCCNC2)c1. The molecule has 2 rings (SSSR count). The zero-order valence-corrected chi connectivity index (χ0v) is 12.3. The minimum absolute atomic E-state index is 0.00847. The highest BCUT2D eigenvalue weighted by atomic mass is 16.5. The van der Waals surface area contributed by atoms with Crippen LogP contribution in [0.25, 0.3) is 0 Å². The predicted octanol–water partition coefficient (Wildman–Crippen LogP) is 2.26. The van der Waals surface area contributed by atoms with Crippen molar-refractivity contribution in [2.75, 3.05) is 20.2 Å². The Morgan fingerprint density at radius 1 is 1.55 bits per heavy atom. The van der Waals surface area contributed by atoms with Crippen LogP contribution in [-0.2, 0) is 4.79 Å². The molecule has 20 heavy (non-hydrogen) atoms. The lowest BCUT2D eigenvalue weighted by Gasteiger charge is -2.23. The van der Waals surface area contributed by atoms with Crippen molar-refractivity contribution >= 4 is 5.91 Å². The number of methoxy groups -OCH3 is 1. The van der Waals surface area contributed by atoms with Crippen LogP contribution in [0.1, 0.15) is 37.8 Å². The third-order valence-corrected chi connectivity index (χ3v) is 3.84. The summed E-state index contributed by atoms with van der Waals surface area (Å²) in [6.45, 7) is 4.05. The Morgan fingerprint density at radius 2 is 2.40 bits per heavy atom. The minimum Gasteiger partial charge on any atom is -0.497 e. The Balaban J connectivity index is 1.86. The van der Waals surface area contributed by atoms with Gasteiger partial charge in [-0.05, 0) is 56.5 Å². The fourth-order valence-corrected chi connectivity index (χ4v) is 2.66. The molecule has 1 aliphatic heterocycles. The molecule has 1 unspecified atom stereocenters. The molecule has 4 heteroatoms. The van der Waals surface area contributed by atoms with Gasteiger partial charge in [0.15, 0.2) is 0 Å². The molecule has 110 valence electrons. The molecular weight excluding hydrogens is 252 g/mol. The quantitative estimate of drug-likeness (QED) is 0.867. The molecule has 0 bridgehead atoms. The maximum absolute atomic E-state index is 12.1. The minimum atomic E-state index is 0.00847.